The molecule has 0 fully saturated rings. The number of carbonyl (C=O) groups is 1. The van der Waals surface area contributed by atoms with Gasteiger partial charge in [-0.2, -0.15) is 0 Å². The summed E-state index contributed by atoms with van der Waals surface area (Å²) in [6.07, 6.45) is 3.93. The standard InChI is InChI=1S/C23H30N2O2/c1-24(2)15-8-16-25-21-12-5-3-9-19(21)17-18(10-7-14-23(26)27)20-11-4-6-13-22(20)25/h3-6,9,11-13,18H,7-8,10,14-17H2,1-2H3,(H,26,27). The molecule has 1 atom stereocenters. The van der Waals surface area contributed by atoms with E-state index in [4.69, 9.17) is 5.11 Å². The van der Waals surface area contributed by atoms with Crippen LogP contribution >= 0.6 is 0 Å². The molecule has 3 rings (SSSR count). The molecule has 1 heterocycles. The quantitative estimate of drug-likeness (QED) is 0.737. The first-order chi connectivity index (χ1) is 13.1. The van der Waals surface area contributed by atoms with E-state index in [9.17, 15) is 4.79 Å². The Morgan fingerprint density at radius 1 is 1.07 bits per heavy atom. The van der Waals surface area contributed by atoms with Crippen molar-refractivity contribution < 1.29 is 9.90 Å². The molecule has 0 aromatic heterocycles. The van der Waals surface area contributed by atoms with Crippen LogP contribution in [0.5, 0.6) is 0 Å². The Hall–Kier alpha value is -2.33. The summed E-state index contributed by atoms with van der Waals surface area (Å²) in [6.45, 7) is 2.04. The zero-order chi connectivity index (χ0) is 19.2. The molecule has 0 saturated heterocycles. The molecule has 0 bridgehead atoms. The van der Waals surface area contributed by atoms with Crippen molar-refractivity contribution in [2.75, 3.05) is 32.1 Å². The second kappa shape index (κ2) is 9.05. The Kier molecular flexibility index (Phi) is 6.51. The van der Waals surface area contributed by atoms with Crippen LogP contribution in [0.15, 0.2) is 48.5 Å². The second-order valence-corrected chi connectivity index (χ2v) is 7.68. The number of fused-ring (bicyclic) bond motifs is 2. The third-order valence-electron chi connectivity index (χ3n) is 5.35. The molecule has 4 nitrogen and oxygen atoms in total. The fourth-order valence-corrected chi connectivity index (χ4v) is 4.07. The van der Waals surface area contributed by atoms with E-state index in [0.29, 0.717) is 5.92 Å². The number of carboxylic acid groups (broad SMARTS) is 1. The zero-order valence-electron chi connectivity index (χ0n) is 16.4. The van der Waals surface area contributed by atoms with Gasteiger partial charge in [0.05, 0.1) is 0 Å². The molecule has 2 aromatic carbocycles. The SMILES string of the molecule is CN(C)CCCN1c2ccccc2CC(CCCC(=O)O)c2ccccc21. The van der Waals surface area contributed by atoms with Crippen LogP contribution in [0.25, 0.3) is 0 Å². The van der Waals surface area contributed by atoms with Crippen LogP contribution in [0.4, 0.5) is 11.4 Å². The van der Waals surface area contributed by atoms with E-state index in [1.54, 1.807) is 0 Å². The Bertz CT molecular complexity index is 772. The third kappa shape index (κ3) is 4.89. The molecule has 0 aliphatic carbocycles. The monoisotopic (exact) mass is 366 g/mol. The lowest BCUT2D eigenvalue weighted by Crippen LogP contribution is -2.24. The van der Waals surface area contributed by atoms with Gasteiger partial charge in [-0.1, -0.05) is 36.4 Å². The summed E-state index contributed by atoms with van der Waals surface area (Å²) >= 11 is 0. The molecule has 0 spiro atoms. The molecule has 1 N–H and O–H groups in total. The highest BCUT2D eigenvalue weighted by molar-refractivity contribution is 5.72. The van der Waals surface area contributed by atoms with Crippen LogP contribution in [0.2, 0.25) is 0 Å². The summed E-state index contributed by atoms with van der Waals surface area (Å²) in [6, 6.07) is 17.3. The molecule has 0 amide bonds. The fraction of sp³-hybridized carbons (Fsp3) is 0.435. The normalized spacial score (nSPS) is 16.0. The number of hydrogen-bond acceptors (Lipinski definition) is 3. The smallest absolute Gasteiger partial charge is 0.303 e. The van der Waals surface area contributed by atoms with Crippen LogP contribution in [0.1, 0.15) is 42.7 Å². The highest BCUT2D eigenvalue weighted by Crippen LogP contribution is 2.42. The van der Waals surface area contributed by atoms with Crippen molar-refractivity contribution in [1.29, 1.82) is 0 Å². The van der Waals surface area contributed by atoms with Crippen LogP contribution in [-0.2, 0) is 11.2 Å². The Morgan fingerprint density at radius 2 is 1.78 bits per heavy atom. The number of hydrogen-bond donors (Lipinski definition) is 1. The van der Waals surface area contributed by atoms with E-state index < -0.39 is 5.97 Å². The van der Waals surface area contributed by atoms with Gasteiger partial charge < -0.3 is 14.9 Å². The van der Waals surface area contributed by atoms with Gasteiger partial charge in [0.1, 0.15) is 0 Å². The third-order valence-corrected chi connectivity index (χ3v) is 5.35. The first-order valence-electron chi connectivity index (χ1n) is 9.87. The van der Waals surface area contributed by atoms with Gasteiger partial charge in [0.2, 0.25) is 0 Å². The van der Waals surface area contributed by atoms with Gasteiger partial charge in [0, 0.05) is 24.3 Å². The average molecular weight is 367 g/mol. The summed E-state index contributed by atoms with van der Waals surface area (Å²) in [5.41, 5.74) is 5.29. The van der Waals surface area contributed by atoms with E-state index in [0.717, 1.165) is 38.8 Å². The summed E-state index contributed by atoms with van der Waals surface area (Å²) in [4.78, 5) is 15.7. The lowest BCUT2D eigenvalue weighted by molar-refractivity contribution is -0.137. The zero-order valence-corrected chi connectivity index (χ0v) is 16.4. The summed E-state index contributed by atoms with van der Waals surface area (Å²) < 4.78 is 0. The van der Waals surface area contributed by atoms with Crippen LogP contribution in [0.3, 0.4) is 0 Å². The van der Waals surface area contributed by atoms with Crippen molar-refractivity contribution in [2.45, 2.75) is 38.0 Å². The van der Waals surface area contributed by atoms with E-state index in [1.165, 1.54) is 22.5 Å². The molecule has 144 valence electrons. The summed E-state index contributed by atoms with van der Waals surface area (Å²) in [5.74, 6) is -0.344. The van der Waals surface area contributed by atoms with Crippen molar-refractivity contribution >= 4 is 17.3 Å². The maximum absolute atomic E-state index is 11.0. The number of para-hydroxylation sites is 2. The number of benzene rings is 2. The van der Waals surface area contributed by atoms with Gasteiger partial charge in [-0.15, -0.1) is 0 Å². The largest absolute Gasteiger partial charge is 0.481 e. The number of anilines is 2. The minimum atomic E-state index is -0.706. The maximum atomic E-state index is 11.0. The van der Waals surface area contributed by atoms with Crippen LogP contribution < -0.4 is 4.90 Å². The lowest BCUT2D eigenvalue weighted by atomic mass is 9.87. The first-order valence-corrected chi connectivity index (χ1v) is 9.87. The molecule has 27 heavy (non-hydrogen) atoms. The van der Waals surface area contributed by atoms with Crippen molar-refractivity contribution in [1.82, 2.24) is 4.90 Å². The number of rotatable bonds is 8. The Balaban J connectivity index is 1.93. The second-order valence-electron chi connectivity index (χ2n) is 7.68. The van der Waals surface area contributed by atoms with E-state index in [2.05, 4.69) is 72.4 Å². The predicted octanol–water partition coefficient (Wildman–Crippen LogP) is 4.67. The van der Waals surface area contributed by atoms with Crippen molar-refractivity contribution in [3.05, 3.63) is 59.7 Å². The van der Waals surface area contributed by atoms with Gasteiger partial charge in [0.15, 0.2) is 0 Å². The maximum Gasteiger partial charge on any atom is 0.303 e. The van der Waals surface area contributed by atoms with Crippen LogP contribution in [-0.4, -0.2) is 43.2 Å². The number of aliphatic carboxylic acids is 1. The van der Waals surface area contributed by atoms with Crippen molar-refractivity contribution in [2.24, 2.45) is 0 Å². The summed E-state index contributed by atoms with van der Waals surface area (Å²) in [7, 11) is 4.23. The minimum Gasteiger partial charge on any atom is -0.481 e. The summed E-state index contributed by atoms with van der Waals surface area (Å²) in [5, 5.41) is 9.02. The molecular weight excluding hydrogens is 336 g/mol. The van der Waals surface area contributed by atoms with Crippen LogP contribution in [0, 0.1) is 0 Å². The minimum absolute atomic E-state index is 0.243. The van der Waals surface area contributed by atoms with Gasteiger partial charge in [-0.3, -0.25) is 4.79 Å². The molecule has 1 unspecified atom stereocenters. The highest BCUT2D eigenvalue weighted by atomic mass is 16.4. The van der Waals surface area contributed by atoms with Gasteiger partial charge in [0.25, 0.3) is 0 Å². The van der Waals surface area contributed by atoms with Crippen molar-refractivity contribution in [3.63, 3.8) is 0 Å². The molecule has 0 radical (unpaired) electrons. The number of carboxylic acids is 1. The van der Waals surface area contributed by atoms with Crippen molar-refractivity contribution in [3.8, 4) is 0 Å². The van der Waals surface area contributed by atoms with Gasteiger partial charge in [-0.05, 0) is 75.5 Å². The Morgan fingerprint density at radius 3 is 2.52 bits per heavy atom. The lowest BCUT2D eigenvalue weighted by Gasteiger charge is -2.28. The highest BCUT2D eigenvalue weighted by Gasteiger charge is 2.26. The Labute approximate surface area is 162 Å². The van der Waals surface area contributed by atoms with Gasteiger partial charge >= 0.3 is 5.97 Å². The molecular formula is C23H30N2O2. The predicted molar refractivity (Wildman–Crippen MR) is 111 cm³/mol. The molecule has 4 heteroatoms. The average Bonchev–Trinajstić information content (AvgIpc) is 2.77. The molecule has 0 saturated carbocycles. The molecule has 2 aromatic rings. The van der Waals surface area contributed by atoms with E-state index >= 15 is 0 Å². The molecule has 1 aliphatic rings. The van der Waals surface area contributed by atoms with E-state index in [1.807, 2.05) is 0 Å². The fourth-order valence-electron chi connectivity index (χ4n) is 4.07. The molecule has 1 aliphatic heterocycles. The first kappa shape index (κ1) is 19.4. The van der Waals surface area contributed by atoms with Gasteiger partial charge in [-0.25, -0.2) is 0 Å². The number of nitrogens with zero attached hydrogens (tertiary/aromatic N) is 2. The van der Waals surface area contributed by atoms with E-state index in [-0.39, 0.29) is 6.42 Å². The topological polar surface area (TPSA) is 43.8 Å².